The third-order valence-corrected chi connectivity index (χ3v) is 4.66. The highest BCUT2D eigenvalue weighted by Gasteiger charge is 2.20. The summed E-state index contributed by atoms with van der Waals surface area (Å²) in [6, 6.07) is 0. The van der Waals surface area contributed by atoms with E-state index < -0.39 is 0 Å². The van der Waals surface area contributed by atoms with Gasteiger partial charge in [-0.1, -0.05) is 48.5 Å². The maximum atomic E-state index is 11.4. The molecule has 0 saturated heterocycles. The van der Waals surface area contributed by atoms with Crippen LogP contribution in [0.4, 0.5) is 0 Å². The zero-order valence-electron chi connectivity index (χ0n) is 16.3. The molecule has 0 bridgehead atoms. The number of carbonyl (C=O) groups excluding carboxylic acids is 1. The largest absolute Gasteiger partial charge is 0.462 e. The average Bonchev–Trinajstić information content (AvgIpc) is 2.36. The second-order valence-electron chi connectivity index (χ2n) is 8.18. The van der Waals surface area contributed by atoms with Crippen molar-refractivity contribution >= 4 is 5.97 Å². The molecule has 0 radical (unpaired) electrons. The van der Waals surface area contributed by atoms with Gasteiger partial charge in [0.25, 0.3) is 0 Å². The molecule has 0 rings (SSSR count). The second kappa shape index (κ2) is 11.1. The maximum absolute atomic E-state index is 11.4. The SMILES string of the molecule is CCC(=O)OC(C)C(C)CC(C)CC(C)CC(C)CC(C)C. The van der Waals surface area contributed by atoms with Gasteiger partial charge in [-0.3, -0.25) is 4.79 Å². The molecule has 0 fully saturated rings. The van der Waals surface area contributed by atoms with Gasteiger partial charge in [0.15, 0.2) is 0 Å². The van der Waals surface area contributed by atoms with Gasteiger partial charge in [-0.05, 0) is 62.2 Å². The lowest BCUT2D eigenvalue weighted by molar-refractivity contribution is -0.150. The van der Waals surface area contributed by atoms with Crippen molar-refractivity contribution in [3.05, 3.63) is 0 Å². The van der Waals surface area contributed by atoms with E-state index >= 15 is 0 Å². The van der Waals surface area contributed by atoms with Crippen molar-refractivity contribution < 1.29 is 9.53 Å². The third-order valence-electron chi connectivity index (χ3n) is 4.66. The van der Waals surface area contributed by atoms with E-state index in [1.807, 2.05) is 13.8 Å². The van der Waals surface area contributed by atoms with Gasteiger partial charge in [0, 0.05) is 6.42 Å². The Hall–Kier alpha value is -0.530. The van der Waals surface area contributed by atoms with Crippen molar-refractivity contribution in [2.45, 2.75) is 93.6 Å². The Kier molecular flexibility index (Phi) is 10.8. The van der Waals surface area contributed by atoms with Crippen LogP contribution < -0.4 is 0 Å². The van der Waals surface area contributed by atoms with Crippen LogP contribution in [0, 0.1) is 29.6 Å². The summed E-state index contributed by atoms with van der Waals surface area (Å²) in [6.45, 7) is 17.8. The molecule has 0 aliphatic carbocycles. The van der Waals surface area contributed by atoms with Gasteiger partial charge in [0.2, 0.25) is 0 Å². The minimum atomic E-state index is -0.0807. The lowest BCUT2D eigenvalue weighted by Gasteiger charge is -2.26. The van der Waals surface area contributed by atoms with E-state index in [2.05, 4.69) is 41.5 Å². The van der Waals surface area contributed by atoms with Crippen LogP contribution in [0.15, 0.2) is 0 Å². The molecule has 0 aliphatic rings. The van der Waals surface area contributed by atoms with Gasteiger partial charge >= 0.3 is 5.97 Å². The van der Waals surface area contributed by atoms with Crippen molar-refractivity contribution in [1.82, 2.24) is 0 Å². The molecule has 0 N–H and O–H groups in total. The molecule has 0 heterocycles. The van der Waals surface area contributed by atoms with E-state index in [-0.39, 0.29) is 12.1 Å². The highest BCUT2D eigenvalue weighted by Crippen LogP contribution is 2.27. The monoisotopic (exact) mass is 312 g/mol. The van der Waals surface area contributed by atoms with Crippen LogP contribution in [0.3, 0.4) is 0 Å². The quantitative estimate of drug-likeness (QED) is 0.432. The molecule has 132 valence electrons. The molecule has 5 unspecified atom stereocenters. The Bertz CT molecular complexity index is 298. The molecule has 0 spiro atoms. The molecule has 0 amide bonds. The minimum Gasteiger partial charge on any atom is -0.462 e. The van der Waals surface area contributed by atoms with Crippen molar-refractivity contribution in [3.63, 3.8) is 0 Å². The predicted molar refractivity (Wildman–Crippen MR) is 95.8 cm³/mol. The van der Waals surface area contributed by atoms with E-state index in [4.69, 9.17) is 4.74 Å². The lowest BCUT2D eigenvalue weighted by Crippen LogP contribution is -2.23. The Morgan fingerprint density at radius 1 is 0.773 bits per heavy atom. The van der Waals surface area contributed by atoms with E-state index in [1.165, 1.54) is 19.3 Å². The fourth-order valence-electron chi connectivity index (χ4n) is 3.70. The summed E-state index contributed by atoms with van der Waals surface area (Å²) in [5.74, 6) is 3.45. The van der Waals surface area contributed by atoms with Gasteiger partial charge in [-0.2, -0.15) is 0 Å². The van der Waals surface area contributed by atoms with Crippen LogP contribution in [0.2, 0.25) is 0 Å². The molecular formula is C20H40O2. The van der Waals surface area contributed by atoms with E-state index in [0.717, 1.165) is 24.2 Å². The number of rotatable bonds is 11. The minimum absolute atomic E-state index is 0.0325. The molecule has 0 aromatic heterocycles. The summed E-state index contributed by atoms with van der Waals surface area (Å²) in [5.41, 5.74) is 0. The summed E-state index contributed by atoms with van der Waals surface area (Å²) in [7, 11) is 0. The molecule has 5 atom stereocenters. The predicted octanol–water partition coefficient (Wildman–Crippen LogP) is 6.09. The highest BCUT2D eigenvalue weighted by molar-refractivity contribution is 5.69. The van der Waals surface area contributed by atoms with E-state index in [0.29, 0.717) is 18.3 Å². The molecule has 2 nitrogen and oxygen atoms in total. The van der Waals surface area contributed by atoms with Crippen molar-refractivity contribution in [3.8, 4) is 0 Å². The first-order valence-electron chi connectivity index (χ1n) is 9.35. The third kappa shape index (κ3) is 10.2. The second-order valence-corrected chi connectivity index (χ2v) is 8.18. The lowest BCUT2D eigenvalue weighted by atomic mass is 9.83. The van der Waals surface area contributed by atoms with Crippen LogP contribution in [-0.2, 0) is 9.53 Å². The Labute approximate surface area is 139 Å². The number of hydrogen-bond acceptors (Lipinski definition) is 2. The van der Waals surface area contributed by atoms with Crippen LogP contribution in [0.1, 0.15) is 87.5 Å². The van der Waals surface area contributed by atoms with Gasteiger partial charge in [-0.15, -0.1) is 0 Å². The van der Waals surface area contributed by atoms with Gasteiger partial charge in [0.1, 0.15) is 6.10 Å². The summed E-state index contributed by atoms with van der Waals surface area (Å²) < 4.78 is 5.44. The zero-order valence-corrected chi connectivity index (χ0v) is 16.3. The molecule has 0 aliphatic heterocycles. The Balaban J connectivity index is 4.09. The smallest absolute Gasteiger partial charge is 0.305 e. The molecule has 0 aromatic carbocycles. The van der Waals surface area contributed by atoms with Crippen molar-refractivity contribution in [1.29, 1.82) is 0 Å². The Morgan fingerprint density at radius 2 is 1.23 bits per heavy atom. The first-order chi connectivity index (χ1) is 10.1. The standard InChI is InChI=1S/C20H40O2/c1-9-20(21)22-19(8)18(7)13-17(6)12-16(5)11-15(4)10-14(2)3/h14-19H,9-13H2,1-8H3. The first-order valence-corrected chi connectivity index (χ1v) is 9.35. The molecular weight excluding hydrogens is 272 g/mol. The van der Waals surface area contributed by atoms with Gasteiger partial charge in [-0.25, -0.2) is 0 Å². The normalized spacial score (nSPS) is 18.6. The van der Waals surface area contributed by atoms with E-state index in [9.17, 15) is 4.79 Å². The summed E-state index contributed by atoms with van der Waals surface area (Å²) in [4.78, 5) is 11.4. The van der Waals surface area contributed by atoms with Crippen LogP contribution in [-0.4, -0.2) is 12.1 Å². The number of esters is 1. The van der Waals surface area contributed by atoms with Gasteiger partial charge in [0.05, 0.1) is 0 Å². The fraction of sp³-hybridized carbons (Fsp3) is 0.950. The topological polar surface area (TPSA) is 26.3 Å². The fourth-order valence-corrected chi connectivity index (χ4v) is 3.70. The van der Waals surface area contributed by atoms with Crippen LogP contribution >= 0.6 is 0 Å². The van der Waals surface area contributed by atoms with Crippen LogP contribution in [0.25, 0.3) is 0 Å². The summed E-state index contributed by atoms with van der Waals surface area (Å²) >= 11 is 0. The zero-order chi connectivity index (χ0) is 17.3. The summed E-state index contributed by atoms with van der Waals surface area (Å²) in [6.07, 6.45) is 5.58. The maximum Gasteiger partial charge on any atom is 0.305 e. The number of hydrogen-bond donors (Lipinski definition) is 0. The summed E-state index contributed by atoms with van der Waals surface area (Å²) in [5, 5.41) is 0. The van der Waals surface area contributed by atoms with E-state index in [1.54, 1.807) is 0 Å². The average molecular weight is 313 g/mol. The molecule has 22 heavy (non-hydrogen) atoms. The molecule has 2 heteroatoms. The Morgan fingerprint density at radius 3 is 1.68 bits per heavy atom. The molecule has 0 aromatic rings. The van der Waals surface area contributed by atoms with Gasteiger partial charge < -0.3 is 4.74 Å². The number of ether oxygens (including phenoxy) is 1. The molecule has 0 saturated carbocycles. The van der Waals surface area contributed by atoms with Crippen molar-refractivity contribution in [2.24, 2.45) is 29.6 Å². The number of carbonyl (C=O) groups is 1. The first kappa shape index (κ1) is 21.5. The van der Waals surface area contributed by atoms with Crippen molar-refractivity contribution in [2.75, 3.05) is 0 Å². The van der Waals surface area contributed by atoms with Crippen LogP contribution in [0.5, 0.6) is 0 Å². The highest BCUT2D eigenvalue weighted by atomic mass is 16.5.